The Morgan fingerprint density at radius 2 is 1.59 bits per heavy atom. The topological polar surface area (TPSA) is 27.7 Å². The second kappa shape index (κ2) is 10.6. The molecule has 9 unspecified atom stereocenters. The van der Waals surface area contributed by atoms with Crippen LogP contribution in [0.4, 0.5) is 0 Å². The van der Waals surface area contributed by atoms with Gasteiger partial charge in [0.15, 0.2) is 0 Å². The van der Waals surface area contributed by atoms with Gasteiger partial charge in [-0.25, -0.2) is 0 Å². The Morgan fingerprint density at radius 1 is 0.844 bits per heavy atom. The second-order valence-electron chi connectivity index (χ2n) is 10.2. The van der Waals surface area contributed by atoms with E-state index in [1.54, 1.807) is 0 Å². The number of hydrogen-bond donors (Lipinski definition) is 0. The fourth-order valence-corrected chi connectivity index (χ4v) is 6.90. The summed E-state index contributed by atoms with van der Waals surface area (Å²) in [6.07, 6.45) is 21.2. The smallest absolute Gasteiger partial charge is 0.100 e. The standard InChI is InChI=1S/C29H42O3/c1-6-30-28-24-16-12-13-19(3)25(24)29(31-7-2)27-21(5)18-23(17-20(4)26(27)28)32-22-14-10-8-9-11-15-22/h8-14,16,19-21,23,25-29H,6-7,15,17-18H2,1-5H3. The molecule has 0 aromatic carbocycles. The van der Waals surface area contributed by atoms with Gasteiger partial charge in [-0.2, -0.15) is 0 Å². The third-order valence-corrected chi connectivity index (χ3v) is 8.08. The van der Waals surface area contributed by atoms with Crippen molar-refractivity contribution in [3.63, 3.8) is 0 Å². The molecule has 4 aliphatic rings. The monoisotopic (exact) mass is 438 g/mol. The van der Waals surface area contributed by atoms with Crippen molar-refractivity contribution in [1.29, 1.82) is 0 Å². The van der Waals surface area contributed by atoms with Gasteiger partial charge in [0.05, 0.1) is 18.3 Å². The van der Waals surface area contributed by atoms with Crippen LogP contribution < -0.4 is 0 Å². The maximum Gasteiger partial charge on any atom is 0.100 e. The highest BCUT2D eigenvalue weighted by Gasteiger charge is 2.54. The van der Waals surface area contributed by atoms with Crippen LogP contribution in [0.15, 0.2) is 59.9 Å². The van der Waals surface area contributed by atoms with Gasteiger partial charge in [0.1, 0.15) is 5.76 Å². The zero-order chi connectivity index (χ0) is 22.7. The molecule has 0 spiro atoms. The highest BCUT2D eigenvalue weighted by molar-refractivity contribution is 5.32. The largest absolute Gasteiger partial charge is 0.494 e. The van der Waals surface area contributed by atoms with Crippen LogP contribution in [0.1, 0.15) is 53.9 Å². The molecule has 4 aliphatic carbocycles. The summed E-state index contributed by atoms with van der Waals surface area (Å²) in [7, 11) is 0. The Bertz CT molecular complexity index is 788. The van der Waals surface area contributed by atoms with Gasteiger partial charge in [-0.15, -0.1) is 0 Å². The van der Waals surface area contributed by atoms with Crippen LogP contribution in [0.2, 0.25) is 0 Å². The lowest BCUT2D eigenvalue weighted by Crippen LogP contribution is -2.55. The van der Waals surface area contributed by atoms with Gasteiger partial charge in [-0.3, -0.25) is 0 Å². The third-order valence-electron chi connectivity index (χ3n) is 8.08. The quantitative estimate of drug-likeness (QED) is 0.465. The molecule has 2 saturated carbocycles. The SMILES string of the molecule is CCOC1C2=CC=CC(C)C2C(OCC)C2C(C)CC(OC3=CC=CC=CC3)CC(C)C12. The van der Waals surface area contributed by atoms with Crippen LogP contribution in [0.3, 0.4) is 0 Å². The zero-order valence-corrected chi connectivity index (χ0v) is 20.6. The summed E-state index contributed by atoms with van der Waals surface area (Å²) in [5.74, 6) is 3.93. The molecule has 0 bridgehead atoms. The first kappa shape index (κ1) is 23.6. The zero-order valence-electron chi connectivity index (χ0n) is 20.6. The van der Waals surface area contributed by atoms with Crippen LogP contribution in [0.25, 0.3) is 0 Å². The minimum absolute atomic E-state index is 0.179. The average Bonchev–Trinajstić information content (AvgIpc) is 3.09. The van der Waals surface area contributed by atoms with E-state index in [2.05, 4.69) is 83.2 Å². The molecule has 3 heteroatoms. The number of fused-ring (bicyclic) bond motifs is 2. The summed E-state index contributed by atoms with van der Waals surface area (Å²) in [5, 5.41) is 0. The molecule has 3 nitrogen and oxygen atoms in total. The van der Waals surface area contributed by atoms with Gasteiger partial charge in [0.2, 0.25) is 0 Å². The van der Waals surface area contributed by atoms with Gasteiger partial charge in [-0.1, -0.05) is 63.3 Å². The van der Waals surface area contributed by atoms with Gasteiger partial charge < -0.3 is 14.2 Å². The Labute approximate surface area is 195 Å². The Kier molecular flexibility index (Phi) is 7.78. The van der Waals surface area contributed by atoms with Gasteiger partial charge in [0.25, 0.3) is 0 Å². The number of ether oxygens (including phenoxy) is 3. The van der Waals surface area contributed by atoms with Crippen LogP contribution in [0, 0.1) is 35.5 Å². The Morgan fingerprint density at radius 3 is 2.34 bits per heavy atom. The van der Waals surface area contributed by atoms with Crippen molar-refractivity contribution in [2.45, 2.75) is 72.2 Å². The van der Waals surface area contributed by atoms with E-state index in [4.69, 9.17) is 14.2 Å². The fourth-order valence-electron chi connectivity index (χ4n) is 6.90. The van der Waals surface area contributed by atoms with Crippen molar-refractivity contribution < 1.29 is 14.2 Å². The van der Waals surface area contributed by atoms with Gasteiger partial charge >= 0.3 is 0 Å². The van der Waals surface area contributed by atoms with Crippen molar-refractivity contribution in [1.82, 2.24) is 0 Å². The number of rotatable bonds is 6. The summed E-state index contributed by atoms with van der Waals surface area (Å²) >= 11 is 0. The van der Waals surface area contributed by atoms with Crippen LogP contribution in [-0.4, -0.2) is 31.5 Å². The van der Waals surface area contributed by atoms with Crippen molar-refractivity contribution in [3.05, 3.63) is 59.9 Å². The predicted molar refractivity (Wildman–Crippen MR) is 131 cm³/mol. The lowest BCUT2D eigenvalue weighted by atomic mass is 9.57. The van der Waals surface area contributed by atoms with E-state index in [9.17, 15) is 0 Å². The molecule has 9 atom stereocenters. The van der Waals surface area contributed by atoms with Crippen molar-refractivity contribution in [2.75, 3.05) is 13.2 Å². The van der Waals surface area contributed by atoms with E-state index in [0.717, 1.165) is 38.2 Å². The highest BCUT2D eigenvalue weighted by atomic mass is 16.5. The van der Waals surface area contributed by atoms with E-state index < -0.39 is 0 Å². The molecule has 0 N–H and O–H groups in total. The maximum atomic E-state index is 6.62. The lowest BCUT2D eigenvalue weighted by Gasteiger charge is -2.53. The maximum absolute atomic E-state index is 6.62. The first-order chi connectivity index (χ1) is 15.5. The Balaban J connectivity index is 1.66. The summed E-state index contributed by atoms with van der Waals surface area (Å²) in [6, 6.07) is 0. The summed E-state index contributed by atoms with van der Waals surface area (Å²) in [4.78, 5) is 0. The van der Waals surface area contributed by atoms with E-state index in [0.29, 0.717) is 35.5 Å². The number of hydrogen-bond acceptors (Lipinski definition) is 3. The van der Waals surface area contributed by atoms with E-state index in [1.165, 1.54) is 5.57 Å². The number of allylic oxidation sites excluding steroid dienone is 8. The van der Waals surface area contributed by atoms with Crippen LogP contribution >= 0.6 is 0 Å². The van der Waals surface area contributed by atoms with Crippen molar-refractivity contribution in [3.8, 4) is 0 Å². The molecule has 32 heavy (non-hydrogen) atoms. The second-order valence-corrected chi connectivity index (χ2v) is 10.2. The molecule has 0 aromatic heterocycles. The van der Waals surface area contributed by atoms with Crippen LogP contribution in [0.5, 0.6) is 0 Å². The minimum Gasteiger partial charge on any atom is -0.494 e. The first-order valence-electron chi connectivity index (χ1n) is 12.9. The normalized spacial score (nSPS) is 41.1. The fraction of sp³-hybridized carbons (Fsp3) is 0.655. The molecule has 0 aromatic rings. The molecular formula is C29H42O3. The van der Waals surface area contributed by atoms with E-state index in [1.807, 2.05) is 0 Å². The lowest BCUT2D eigenvalue weighted by molar-refractivity contribution is -0.126. The highest BCUT2D eigenvalue weighted by Crippen LogP contribution is 2.54. The van der Waals surface area contributed by atoms with Crippen molar-refractivity contribution in [2.24, 2.45) is 35.5 Å². The van der Waals surface area contributed by atoms with Gasteiger partial charge in [-0.05, 0) is 67.9 Å². The van der Waals surface area contributed by atoms with Gasteiger partial charge in [0, 0.05) is 25.6 Å². The molecule has 0 radical (unpaired) electrons. The summed E-state index contributed by atoms with van der Waals surface area (Å²) < 4.78 is 19.8. The van der Waals surface area contributed by atoms with E-state index >= 15 is 0 Å². The van der Waals surface area contributed by atoms with Crippen LogP contribution in [-0.2, 0) is 14.2 Å². The third kappa shape index (κ3) is 4.70. The average molecular weight is 439 g/mol. The summed E-state index contributed by atoms with van der Waals surface area (Å²) in [6.45, 7) is 13.0. The molecule has 0 heterocycles. The molecular weight excluding hydrogens is 396 g/mol. The molecule has 2 fully saturated rings. The van der Waals surface area contributed by atoms with Crippen molar-refractivity contribution >= 4 is 0 Å². The molecule has 176 valence electrons. The predicted octanol–water partition coefficient (Wildman–Crippen LogP) is 6.64. The molecule has 0 amide bonds. The molecule has 0 aliphatic heterocycles. The first-order valence-corrected chi connectivity index (χ1v) is 12.9. The molecule has 0 saturated heterocycles. The Hall–Kier alpha value is -1.58. The van der Waals surface area contributed by atoms with E-state index in [-0.39, 0.29) is 18.3 Å². The molecule has 4 rings (SSSR count). The summed E-state index contributed by atoms with van der Waals surface area (Å²) in [5.41, 5.74) is 1.46. The minimum atomic E-state index is 0.179.